The summed E-state index contributed by atoms with van der Waals surface area (Å²) in [5.74, 6) is -0.774. The highest BCUT2D eigenvalue weighted by Gasteiger charge is 2.33. The molecular weight excluding hydrogens is 356 g/mol. The van der Waals surface area contributed by atoms with E-state index in [-0.39, 0.29) is 36.6 Å². The van der Waals surface area contributed by atoms with Gasteiger partial charge in [-0.3, -0.25) is 9.69 Å². The first kappa shape index (κ1) is 16.2. The monoisotopic (exact) mass is 368 g/mol. The minimum atomic E-state index is -4.23. The maximum Gasteiger partial charge on any atom is 0.401 e. The van der Waals surface area contributed by atoms with E-state index in [0.717, 1.165) is 0 Å². The van der Waals surface area contributed by atoms with Crippen molar-refractivity contribution in [3.05, 3.63) is 34.1 Å². The molecule has 21 heavy (non-hydrogen) atoms. The highest BCUT2D eigenvalue weighted by atomic mass is 79.9. The van der Waals surface area contributed by atoms with Gasteiger partial charge in [-0.2, -0.15) is 13.2 Å². The minimum Gasteiger partial charge on any atom is -0.336 e. The second kappa shape index (κ2) is 6.31. The third-order valence-corrected chi connectivity index (χ3v) is 3.84. The van der Waals surface area contributed by atoms with Crippen molar-refractivity contribution in [3.8, 4) is 0 Å². The Morgan fingerprint density at radius 2 is 1.81 bits per heavy atom. The van der Waals surface area contributed by atoms with Gasteiger partial charge in [0.1, 0.15) is 5.82 Å². The van der Waals surface area contributed by atoms with Gasteiger partial charge in [0, 0.05) is 31.7 Å². The van der Waals surface area contributed by atoms with Crippen LogP contribution in [0.2, 0.25) is 0 Å². The number of nitrogens with zero attached hydrogens (tertiary/aromatic N) is 2. The van der Waals surface area contributed by atoms with Gasteiger partial charge in [-0.1, -0.05) is 0 Å². The summed E-state index contributed by atoms with van der Waals surface area (Å²) >= 11 is 3.00. The summed E-state index contributed by atoms with van der Waals surface area (Å²) in [5, 5.41) is 0. The van der Waals surface area contributed by atoms with E-state index >= 15 is 0 Å². The number of hydrogen-bond acceptors (Lipinski definition) is 2. The van der Waals surface area contributed by atoms with Gasteiger partial charge in [-0.05, 0) is 34.1 Å². The van der Waals surface area contributed by atoms with Gasteiger partial charge in [0.2, 0.25) is 0 Å². The number of alkyl halides is 3. The second-order valence-electron chi connectivity index (χ2n) is 4.81. The molecule has 2 rings (SSSR count). The van der Waals surface area contributed by atoms with Crippen LogP contribution in [0.3, 0.4) is 0 Å². The number of benzene rings is 1. The van der Waals surface area contributed by atoms with Crippen LogP contribution in [0.15, 0.2) is 22.7 Å². The first-order chi connectivity index (χ1) is 9.76. The number of rotatable bonds is 2. The standard InChI is InChI=1S/C13H13BrF4N2O/c14-10-7-9(1-2-11(10)15)12(21)20-5-3-19(4-6-20)8-13(16,17)18/h1-2,7H,3-6,8H2. The molecule has 116 valence electrons. The van der Waals surface area contributed by atoms with Gasteiger partial charge in [-0.15, -0.1) is 0 Å². The Morgan fingerprint density at radius 1 is 1.19 bits per heavy atom. The van der Waals surface area contributed by atoms with Crippen LogP contribution in [0.25, 0.3) is 0 Å². The Hall–Kier alpha value is -1.15. The number of piperazine rings is 1. The molecule has 0 radical (unpaired) electrons. The molecule has 8 heteroatoms. The predicted molar refractivity (Wildman–Crippen MR) is 72.5 cm³/mol. The van der Waals surface area contributed by atoms with Crippen LogP contribution in [-0.4, -0.2) is 54.6 Å². The predicted octanol–water partition coefficient (Wildman–Crippen LogP) is 2.91. The number of hydrogen-bond donors (Lipinski definition) is 0. The Bertz CT molecular complexity index is 527. The molecule has 0 aliphatic carbocycles. The van der Waals surface area contributed by atoms with Gasteiger partial charge in [0.05, 0.1) is 11.0 Å². The van der Waals surface area contributed by atoms with Gasteiger partial charge >= 0.3 is 6.18 Å². The minimum absolute atomic E-state index is 0.174. The Morgan fingerprint density at radius 3 is 2.33 bits per heavy atom. The van der Waals surface area contributed by atoms with Crippen LogP contribution in [0.1, 0.15) is 10.4 Å². The molecule has 1 aromatic carbocycles. The summed E-state index contributed by atoms with van der Waals surface area (Å²) in [5.41, 5.74) is 0.313. The van der Waals surface area contributed by atoms with Crippen LogP contribution in [0.4, 0.5) is 17.6 Å². The van der Waals surface area contributed by atoms with Gasteiger partial charge in [0.15, 0.2) is 0 Å². The van der Waals surface area contributed by atoms with E-state index in [1.165, 1.54) is 28.0 Å². The molecule has 0 saturated carbocycles. The summed E-state index contributed by atoms with van der Waals surface area (Å²) < 4.78 is 50.2. The summed E-state index contributed by atoms with van der Waals surface area (Å²) in [6.45, 7) is -0.161. The lowest BCUT2D eigenvalue weighted by molar-refractivity contribution is -0.148. The molecule has 3 nitrogen and oxygen atoms in total. The number of carbonyl (C=O) groups excluding carboxylic acids is 1. The third-order valence-electron chi connectivity index (χ3n) is 3.23. The SMILES string of the molecule is O=C(c1ccc(F)c(Br)c1)N1CCN(CC(F)(F)F)CC1. The fraction of sp³-hybridized carbons (Fsp3) is 0.462. The first-order valence-electron chi connectivity index (χ1n) is 6.30. The van der Waals surface area contributed by atoms with Crippen molar-refractivity contribution in [2.45, 2.75) is 6.18 Å². The topological polar surface area (TPSA) is 23.6 Å². The summed E-state index contributed by atoms with van der Waals surface area (Å²) in [6, 6.07) is 3.92. The molecule has 1 amide bonds. The zero-order valence-electron chi connectivity index (χ0n) is 11.0. The van der Waals surface area contributed by atoms with Crippen molar-refractivity contribution in [2.24, 2.45) is 0 Å². The summed E-state index contributed by atoms with van der Waals surface area (Å²) in [7, 11) is 0. The second-order valence-corrected chi connectivity index (χ2v) is 5.67. The highest BCUT2D eigenvalue weighted by Crippen LogP contribution is 2.20. The first-order valence-corrected chi connectivity index (χ1v) is 7.09. The molecular formula is C13H13BrF4N2O. The molecule has 0 unspecified atom stereocenters. The van der Waals surface area contributed by atoms with Crippen LogP contribution in [0, 0.1) is 5.82 Å². The number of halogens is 5. The van der Waals surface area contributed by atoms with Crippen LogP contribution < -0.4 is 0 Å². The zero-order chi connectivity index (χ0) is 15.6. The Kier molecular flexibility index (Phi) is 4.88. The highest BCUT2D eigenvalue weighted by molar-refractivity contribution is 9.10. The van der Waals surface area contributed by atoms with E-state index in [4.69, 9.17) is 0 Å². The van der Waals surface area contributed by atoms with Crippen molar-refractivity contribution in [1.82, 2.24) is 9.80 Å². The molecule has 0 aromatic heterocycles. The van der Waals surface area contributed by atoms with Crippen LogP contribution in [-0.2, 0) is 0 Å². The molecule has 1 fully saturated rings. The van der Waals surface area contributed by atoms with Crippen molar-refractivity contribution < 1.29 is 22.4 Å². The Labute approximate surface area is 127 Å². The zero-order valence-corrected chi connectivity index (χ0v) is 12.5. The van der Waals surface area contributed by atoms with Crippen molar-refractivity contribution in [3.63, 3.8) is 0 Å². The molecule has 1 aliphatic heterocycles. The molecule has 0 N–H and O–H groups in total. The molecule has 0 atom stereocenters. The maximum atomic E-state index is 13.1. The van der Waals surface area contributed by atoms with E-state index < -0.39 is 18.5 Å². The van der Waals surface area contributed by atoms with Crippen molar-refractivity contribution in [2.75, 3.05) is 32.7 Å². The normalized spacial score (nSPS) is 17.1. The lowest BCUT2D eigenvalue weighted by atomic mass is 10.2. The molecule has 1 aliphatic rings. The van der Waals surface area contributed by atoms with Gasteiger partial charge < -0.3 is 4.90 Å². The quantitative estimate of drug-likeness (QED) is 0.749. The maximum absolute atomic E-state index is 13.1. The molecule has 1 heterocycles. The number of amides is 1. The van der Waals surface area contributed by atoms with Crippen molar-refractivity contribution in [1.29, 1.82) is 0 Å². The van der Waals surface area contributed by atoms with E-state index in [9.17, 15) is 22.4 Å². The summed E-state index contributed by atoms with van der Waals surface area (Å²) in [6.07, 6.45) is -4.23. The van der Waals surface area contributed by atoms with Crippen LogP contribution in [0.5, 0.6) is 0 Å². The fourth-order valence-electron chi connectivity index (χ4n) is 2.17. The van der Waals surface area contributed by atoms with Gasteiger partial charge in [-0.25, -0.2) is 4.39 Å². The van der Waals surface area contributed by atoms with Crippen LogP contribution >= 0.6 is 15.9 Å². The van der Waals surface area contributed by atoms with E-state index in [2.05, 4.69) is 15.9 Å². The smallest absolute Gasteiger partial charge is 0.336 e. The average molecular weight is 369 g/mol. The number of carbonyl (C=O) groups is 1. The van der Waals surface area contributed by atoms with E-state index in [1.807, 2.05) is 0 Å². The van der Waals surface area contributed by atoms with E-state index in [0.29, 0.717) is 5.56 Å². The average Bonchev–Trinajstić information content (AvgIpc) is 2.40. The van der Waals surface area contributed by atoms with Crippen molar-refractivity contribution >= 4 is 21.8 Å². The molecule has 0 spiro atoms. The lowest BCUT2D eigenvalue weighted by Gasteiger charge is -2.35. The Balaban J connectivity index is 1.95. The van der Waals surface area contributed by atoms with E-state index in [1.54, 1.807) is 0 Å². The summed E-state index contributed by atoms with van der Waals surface area (Å²) in [4.78, 5) is 14.9. The molecule has 1 saturated heterocycles. The molecule has 1 aromatic rings. The molecule has 0 bridgehead atoms. The third kappa shape index (κ3) is 4.41. The van der Waals surface area contributed by atoms with Gasteiger partial charge in [0.25, 0.3) is 5.91 Å². The lowest BCUT2D eigenvalue weighted by Crippen LogP contribution is -2.50. The fourth-order valence-corrected chi connectivity index (χ4v) is 2.55. The largest absolute Gasteiger partial charge is 0.401 e.